The fourth-order valence-corrected chi connectivity index (χ4v) is 6.71. The molecule has 2 N–H and O–H groups in total. The molecule has 0 aromatic heterocycles. The molecule has 0 radical (unpaired) electrons. The summed E-state index contributed by atoms with van der Waals surface area (Å²) < 4.78 is 39.2. The van der Waals surface area contributed by atoms with Crippen LogP contribution in [-0.2, 0) is 66.7 Å². The maximum Gasteiger partial charge on any atom is 0.303 e. The predicted molar refractivity (Wildman–Crippen MR) is 153 cm³/mol. The average Bonchev–Trinajstić information content (AvgIpc) is 2.87. The zero-order valence-corrected chi connectivity index (χ0v) is 27.0. The van der Waals surface area contributed by atoms with Crippen molar-refractivity contribution < 1.29 is 66.7 Å². The molecule has 2 aliphatic heterocycles. The smallest absolute Gasteiger partial charge is 0.303 e. The lowest BCUT2D eigenvalue weighted by atomic mass is 9.97. The van der Waals surface area contributed by atoms with E-state index in [-0.39, 0.29) is 6.61 Å². The number of nitrogens with one attached hydrogen (secondary N) is 2. The number of carbonyl (C=O) groups is 7. The van der Waals surface area contributed by atoms with Gasteiger partial charge in [-0.25, -0.2) is 0 Å². The molecule has 0 saturated carbocycles. The Morgan fingerprint density at radius 1 is 0.614 bits per heavy atom. The quantitative estimate of drug-likeness (QED) is 0.143. The summed E-state index contributed by atoms with van der Waals surface area (Å²) in [6, 6.07) is -2.19. The Morgan fingerprint density at radius 3 is 1.55 bits per heavy atom. The summed E-state index contributed by atoms with van der Waals surface area (Å²) >= 11 is 5.36. The summed E-state index contributed by atoms with van der Waals surface area (Å²) in [4.78, 5) is 84.3. The molecule has 2 amide bonds. The van der Waals surface area contributed by atoms with Gasteiger partial charge in [0.25, 0.3) is 0 Å². The Labute approximate surface area is 263 Å². The van der Waals surface area contributed by atoms with Crippen LogP contribution in [-0.4, -0.2) is 114 Å². The predicted octanol–water partition coefficient (Wildman–Crippen LogP) is -0.601. The molecule has 2 saturated heterocycles. The Morgan fingerprint density at radius 2 is 1.07 bits per heavy atom. The molecular formula is C26H38N2O14S2. The third kappa shape index (κ3) is 11.1. The van der Waals surface area contributed by atoms with Crippen molar-refractivity contribution in [2.75, 3.05) is 13.2 Å². The van der Waals surface area contributed by atoms with Gasteiger partial charge in [-0.2, -0.15) is 0 Å². The van der Waals surface area contributed by atoms with Crippen LogP contribution in [0.4, 0.5) is 0 Å². The lowest BCUT2D eigenvalue weighted by molar-refractivity contribution is -0.212. The Balaban J connectivity index is 2.66. The maximum atomic E-state index is 12.4. The van der Waals surface area contributed by atoms with Crippen LogP contribution in [0, 0.1) is 0 Å². The number of hydrogen-bond acceptors (Lipinski definition) is 16. The number of rotatable bonds is 11. The van der Waals surface area contributed by atoms with Crippen molar-refractivity contribution in [3.05, 3.63) is 0 Å². The molecule has 0 bridgehead atoms. The third-order valence-electron chi connectivity index (χ3n) is 6.15. The first kappa shape index (κ1) is 37.1. The van der Waals surface area contributed by atoms with E-state index in [9.17, 15) is 33.6 Å². The van der Waals surface area contributed by atoms with Crippen LogP contribution in [0.2, 0.25) is 0 Å². The van der Waals surface area contributed by atoms with E-state index in [1.807, 2.05) is 0 Å². The highest BCUT2D eigenvalue weighted by Crippen LogP contribution is 2.41. The zero-order valence-electron chi connectivity index (χ0n) is 25.3. The lowest BCUT2D eigenvalue weighted by Gasteiger charge is -2.49. The van der Waals surface area contributed by atoms with E-state index in [0.29, 0.717) is 0 Å². The molecule has 0 unspecified atom stereocenters. The number of hydrogen-bond donors (Lipinski definition) is 3. The van der Waals surface area contributed by atoms with Crippen LogP contribution in [0.3, 0.4) is 0 Å². The molecule has 0 aromatic rings. The minimum atomic E-state index is -1.35. The third-order valence-corrected chi connectivity index (χ3v) is 8.15. The molecule has 18 heteroatoms. The monoisotopic (exact) mass is 666 g/mol. The van der Waals surface area contributed by atoms with Crippen molar-refractivity contribution in [2.24, 2.45) is 0 Å². The first-order valence-electron chi connectivity index (χ1n) is 13.5. The lowest BCUT2D eigenvalue weighted by Crippen LogP contribution is -2.67. The van der Waals surface area contributed by atoms with Crippen molar-refractivity contribution in [2.45, 2.75) is 107 Å². The number of thioether (sulfide) groups is 1. The van der Waals surface area contributed by atoms with Gasteiger partial charge in [0, 0.05) is 48.5 Å². The molecule has 10 atom stereocenters. The molecule has 2 rings (SSSR count). The molecular weight excluding hydrogens is 628 g/mol. The topological polar surface area (TPSA) is 208 Å². The van der Waals surface area contributed by atoms with Crippen LogP contribution in [0.15, 0.2) is 0 Å². The first-order valence-corrected chi connectivity index (χ1v) is 14.9. The molecule has 0 aliphatic carbocycles. The van der Waals surface area contributed by atoms with E-state index < -0.39 is 107 Å². The molecule has 2 aliphatic rings. The van der Waals surface area contributed by atoms with Gasteiger partial charge in [0.15, 0.2) is 12.2 Å². The summed E-state index contributed by atoms with van der Waals surface area (Å²) in [5.41, 5.74) is -2.20. The number of carbonyl (C=O) groups excluding carboxylic acids is 7. The molecule has 248 valence electrons. The Kier molecular flexibility index (Phi) is 14.2. The van der Waals surface area contributed by atoms with Gasteiger partial charge in [0.1, 0.15) is 54.5 Å². The largest absolute Gasteiger partial charge is 0.463 e. The van der Waals surface area contributed by atoms with E-state index in [1.54, 1.807) is 0 Å². The average molecular weight is 667 g/mol. The molecule has 2 heterocycles. The Hall–Kier alpha value is -3.09. The molecule has 2 fully saturated rings. The van der Waals surface area contributed by atoms with Gasteiger partial charge in [0.2, 0.25) is 11.8 Å². The van der Waals surface area contributed by atoms with E-state index >= 15 is 0 Å². The highest BCUT2D eigenvalue weighted by molar-refractivity contribution is 8.00. The van der Waals surface area contributed by atoms with Gasteiger partial charge in [-0.15, -0.1) is 24.4 Å². The van der Waals surface area contributed by atoms with Gasteiger partial charge in [0.05, 0.1) is 5.25 Å². The van der Waals surface area contributed by atoms with Crippen LogP contribution in [0.1, 0.15) is 48.5 Å². The molecule has 16 nitrogen and oxygen atoms in total. The van der Waals surface area contributed by atoms with Gasteiger partial charge < -0.3 is 43.8 Å². The van der Waals surface area contributed by atoms with Crippen molar-refractivity contribution in [3.63, 3.8) is 0 Å². The second kappa shape index (κ2) is 16.8. The van der Waals surface area contributed by atoms with Crippen molar-refractivity contribution in [1.82, 2.24) is 10.6 Å². The summed E-state index contributed by atoms with van der Waals surface area (Å²) in [6.45, 7) is 7.39. The standard InChI is InChI=1S/C26H38N2O14S2/c1-10(29)27-19-23(40-16(7)35)24(18(41-25(19)43)9-37-13(4)32)44-26-20(28-11(2)30)22(39-15(6)34)21(38-14(5)33)17(42-26)8-36-12(3)31/h17-26,43H,8-9H2,1-7H3,(H,27,29)(H,28,30)/t17-,18-,19-,20-,21-,22-,23-,24-,25+,26+/m1/s1. The number of ether oxygens (including phenoxy) is 7. The summed E-state index contributed by atoms with van der Waals surface area (Å²) in [5, 5.41) is 4.34. The van der Waals surface area contributed by atoms with E-state index in [1.165, 1.54) is 20.8 Å². The fraction of sp³-hybridized carbons (Fsp3) is 0.731. The maximum absolute atomic E-state index is 12.4. The van der Waals surface area contributed by atoms with Gasteiger partial charge in [-0.1, -0.05) is 0 Å². The fourth-order valence-electron chi connectivity index (χ4n) is 4.70. The normalized spacial score (nSPS) is 31.5. The second-order valence-electron chi connectivity index (χ2n) is 9.99. The second-order valence-corrected chi connectivity index (χ2v) is 11.8. The van der Waals surface area contributed by atoms with Crippen LogP contribution >= 0.6 is 24.4 Å². The number of thiol groups is 1. The van der Waals surface area contributed by atoms with Gasteiger partial charge >= 0.3 is 29.8 Å². The van der Waals surface area contributed by atoms with Gasteiger partial charge in [-0.3, -0.25) is 33.6 Å². The van der Waals surface area contributed by atoms with E-state index in [0.717, 1.165) is 39.5 Å². The number of amides is 2. The highest BCUT2D eigenvalue weighted by atomic mass is 32.2. The van der Waals surface area contributed by atoms with Crippen molar-refractivity contribution >= 4 is 66.1 Å². The van der Waals surface area contributed by atoms with Crippen LogP contribution in [0.5, 0.6) is 0 Å². The molecule has 44 heavy (non-hydrogen) atoms. The highest BCUT2D eigenvalue weighted by Gasteiger charge is 2.55. The summed E-state index contributed by atoms with van der Waals surface area (Å²) in [5.74, 6) is -4.63. The van der Waals surface area contributed by atoms with E-state index in [2.05, 4.69) is 23.3 Å². The Bertz CT molecular complexity index is 1110. The van der Waals surface area contributed by atoms with Crippen molar-refractivity contribution in [3.8, 4) is 0 Å². The molecule has 0 spiro atoms. The van der Waals surface area contributed by atoms with E-state index in [4.69, 9.17) is 33.2 Å². The summed E-state index contributed by atoms with van der Waals surface area (Å²) in [6.07, 6.45) is -6.04. The SMILES string of the molecule is CC(=O)N[C@@H]1[C@@H](OC(C)=O)[C@H](S[C@@H]2O[C@H](COC(C)=O)[C@@H](OC(C)=O)[C@H](OC(C)=O)[C@H]2NC(C)=O)[C@@H](COC(C)=O)O[C@H]1S. The minimum absolute atomic E-state index is 0.327. The number of esters is 5. The van der Waals surface area contributed by atoms with Crippen LogP contribution < -0.4 is 10.6 Å². The van der Waals surface area contributed by atoms with Gasteiger partial charge in [-0.05, 0) is 0 Å². The first-order chi connectivity index (χ1) is 20.5. The molecule has 0 aromatic carbocycles. The van der Waals surface area contributed by atoms with Crippen molar-refractivity contribution in [1.29, 1.82) is 0 Å². The minimum Gasteiger partial charge on any atom is -0.463 e. The summed E-state index contributed by atoms with van der Waals surface area (Å²) in [7, 11) is 0. The zero-order chi connectivity index (χ0) is 33.3. The van der Waals surface area contributed by atoms with Crippen LogP contribution in [0.25, 0.3) is 0 Å².